The molecule has 72 valence electrons. The molecule has 0 N–H and O–H groups in total. The van der Waals surface area contributed by atoms with Gasteiger partial charge in [0, 0.05) is 13.0 Å². The van der Waals surface area contributed by atoms with E-state index in [4.69, 9.17) is 4.74 Å². The third-order valence-electron chi connectivity index (χ3n) is 2.25. The number of Topliss-reactive ketones (excluding diaryl/α,β-unsaturated/α-hetero) is 1. The topological polar surface area (TPSA) is 26.3 Å². The van der Waals surface area contributed by atoms with Gasteiger partial charge < -0.3 is 4.74 Å². The highest BCUT2D eigenvalue weighted by Crippen LogP contribution is 2.11. The van der Waals surface area contributed by atoms with Gasteiger partial charge in [0.2, 0.25) is 0 Å². The summed E-state index contributed by atoms with van der Waals surface area (Å²) in [5.74, 6) is 0.392. The molecule has 0 aliphatic carbocycles. The van der Waals surface area contributed by atoms with E-state index in [0.717, 1.165) is 19.3 Å². The number of hydrogen-bond acceptors (Lipinski definition) is 2. The second-order valence-electron chi connectivity index (χ2n) is 3.22. The van der Waals surface area contributed by atoms with E-state index >= 15 is 0 Å². The molecule has 0 aromatic heterocycles. The maximum Gasteiger partial charge on any atom is 0.164 e. The smallest absolute Gasteiger partial charge is 0.164 e. The molecule has 2 unspecified atom stereocenters. The molecule has 0 heterocycles. The summed E-state index contributed by atoms with van der Waals surface area (Å²) in [7, 11) is 1.61. The maximum absolute atomic E-state index is 11.6. The van der Waals surface area contributed by atoms with Crippen molar-refractivity contribution in [1.82, 2.24) is 0 Å². The molecule has 0 aromatic carbocycles. The summed E-state index contributed by atoms with van der Waals surface area (Å²) in [6.45, 7) is 6.06. The molecule has 0 spiro atoms. The Kier molecular flexibility index (Phi) is 5.99. The predicted octanol–water partition coefficient (Wildman–Crippen LogP) is 2.42. The van der Waals surface area contributed by atoms with Crippen LogP contribution in [0.3, 0.4) is 0 Å². The quantitative estimate of drug-likeness (QED) is 0.615. The number of ketones is 1. The zero-order chi connectivity index (χ0) is 9.56. The first-order valence-electron chi connectivity index (χ1n) is 4.73. The molecule has 0 bridgehead atoms. The van der Waals surface area contributed by atoms with Crippen LogP contribution >= 0.6 is 0 Å². The molecule has 12 heavy (non-hydrogen) atoms. The maximum atomic E-state index is 11.6. The number of carbonyl (C=O) groups excluding carboxylic acids is 1. The van der Waals surface area contributed by atoms with Crippen molar-refractivity contribution in [3.63, 3.8) is 0 Å². The van der Waals surface area contributed by atoms with Crippen LogP contribution in [0.2, 0.25) is 0 Å². The van der Waals surface area contributed by atoms with Gasteiger partial charge in [-0.3, -0.25) is 4.79 Å². The van der Waals surface area contributed by atoms with Crippen LogP contribution in [0.4, 0.5) is 0 Å². The van der Waals surface area contributed by atoms with E-state index in [1.54, 1.807) is 7.11 Å². The highest BCUT2D eigenvalue weighted by atomic mass is 16.5. The SMILES string of the molecule is CCCC(OC)C(=O)C(C)CC. The van der Waals surface area contributed by atoms with Crippen LogP contribution in [-0.2, 0) is 9.53 Å². The van der Waals surface area contributed by atoms with E-state index in [9.17, 15) is 4.79 Å². The Morgan fingerprint density at radius 3 is 2.33 bits per heavy atom. The van der Waals surface area contributed by atoms with E-state index in [0.29, 0.717) is 0 Å². The van der Waals surface area contributed by atoms with E-state index in [-0.39, 0.29) is 17.8 Å². The number of ether oxygens (including phenoxy) is 1. The highest BCUT2D eigenvalue weighted by Gasteiger charge is 2.20. The Labute approximate surface area is 75.3 Å². The fourth-order valence-electron chi connectivity index (χ4n) is 1.16. The Hall–Kier alpha value is -0.370. The highest BCUT2D eigenvalue weighted by molar-refractivity contribution is 5.85. The first-order chi connectivity index (χ1) is 5.67. The summed E-state index contributed by atoms with van der Waals surface area (Å²) in [6, 6.07) is 0. The zero-order valence-electron chi connectivity index (χ0n) is 8.59. The minimum absolute atomic E-state index is 0.140. The average Bonchev–Trinajstić information content (AvgIpc) is 2.11. The summed E-state index contributed by atoms with van der Waals surface area (Å²) in [6.07, 6.45) is 2.58. The van der Waals surface area contributed by atoms with Crippen molar-refractivity contribution in [2.24, 2.45) is 5.92 Å². The standard InChI is InChI=1S/C10H20O2/c1-5-7-9(12-4)10(11)8(3)6-2/h8-9H,5-7H2,1-4H3. The van der Waals surface area contributed by atoms with E-state index in [2.05, 4.69) is 6.92 Å². The Bertz CT molecular complexity index is 132. The molecule has 2 heteroatoms. The molecular formula is C10H20O2. The van der Waals surface area contributed by atoms with Gasteiger partial charge >= 0.3 is 0 Å². The normalized spacial score (nSPS) is 15.7. The summed E-state index contributed by atoms with van der Waals surface area (Å²) in [5.41, 5.74) is 0. The molecule has 0 rings (SSSR count). The van der Waals surface area contributed by atoms with Gasteiger partial charge in [-0.2, -0.15) is 0 Å². The Balaban J connectivity index is 4.01. The minimum Gasteiger partial charge on any atom is -0.374 e. The lowest BCUT2D eigenvalue weighted by molar-refractivity contribution is -0.132. The molecule has 0 aliphatic rings. The van der Waals surface area contributed by atoms with E-state index in [1.807, 2.05) is 13.8 Å². The number of hydrogen-bond donors (Lipinski definition) is 0. The third-order valence-corrected chi connectivity index (χ3v) is 2.25. The van der Waals surface area contributed by atoms with Gasteiger partial charge in [0.25, 0.3) is 0 Å². The van der Waals surface area contributed by atoms with Crippen molar-refractivity contribution in [3.05, 3.63) is 0 Å². The first-order valence-corrected chi connectivity index (χ1v) is 4.73. The zero-order valence-corrected chi connectivity index (χ0v) is 8.59. The van der Waals surface area contributed by atoms with Crippen molar-refractivity contribution in [2.45, 2.75) is 46.1 Å². The minimum atomic E-state index is -0.176. The Morgan fingerprint density at radius 1 is 1.42 bits per heavy atom. The van der Waals surface area contributed by atoms with Gasteiger partial charge in [-0.25, -0.2) is 0 Å². The molecule has 2 nitrogen and oxygen atoms in total. The number of carbonyl (C=O) groups is 1. The van der Waals surface area contributed by atoms with Gasteiger partial charge in [-0.15, -0.1) is 0 Å². The monoisotopic (exact) mass is 172 g/mol. The van der Waals surface area contributed by atoms with Crippen LogP contribution in [0.15, 0.2) is 0 Å². The second-order valence-corrected chi connectivity index (χ2v) is 3.22. The second kappa shape index (κ2) is 6.18. The molecule has 0 saturated heterocycles. The van der Waals surface area contributed by atoms with Crippen LogP contribution < -0.4 is 0 Å². The Morgan fingerprint density at radius 2 is 2.00 bits per heavy atom. The summed E-state index contributed by atoms with van der Waals surface area (Å²) >= 11 is 0. The lowest BCUT2D eigenvalue weighted by atomic mass is 9.97. The molecule has 0 fully saturated rings. The fraction of sp³-hybridized carbons (Fsp3) is 0.900. The molecule has 0 aliphatic heterocycles. The molecule has 2 atom stereocenters. The molecule has 0 radical (unpaired) electrons. The average molecular weight is 172 g/mol. The van der Waals surface area contributed by atoms with E-state index < -0.39 is 0 Å². The number of rotatable bonds is 6. The van der Waals surface area contributed by atoms with Crippen LogP contribution in [0.1, 0.15) is 40.0 Å². The molecule has 0 aromatic rings. The van der Waals surface area contributed by atoms with Crippen molar-refractivity contribution in [3.8, 4) is 0 Å². The third kappa shape index (κ3) is 3.35. The molecular weight excluding hydrogens is 152 g/mol. The lowest BCUT2D eigenvalue weighted by Crippen LogP contribution is -2.27. The van der Waals surface area contributed by atoms with Crippen LogP contribution in [0.5, 0.6) is 0 Å². The van der Waals surface area contributed by atoms with Crippen molar-refractivity contribution in [1.29, 1.82) is 0 Å². The fourth-order valence-corrected chi connectivity index (χ4v) is 1.16. The number of methoxy groups -OCH3 is 1. The predicted molar refractivity (Wildman–Crippen MR) is 50.2 cm³/mol. The van der Waals surface area contributed by atoms with Gasteiger partial charge in [0.15, 0.2) is 5.78 Å². The van der Waals surface area contributed by atoms with Gasteiger partial charge in [-0.05, 0) is 12.8 Å². The molecule has 0 saturated carbocycles. The largest absolute Gasteiger partial charge is 0.374 e. The van der Waals surface area contributed by atoms with Crippen molar-refractivity contribution in [2.75, 3.05) is 7.11 Å². The van der Waals surface area contributed by atoms with Gasteiger partial charge in [0.05, 0.1) is 0 Å². The van der Waals surface area contributed by atoms with Crippen LogP contribution in [-0.4, -0.2) is 19.0 Å². The van der Waals surface area contributed by atoms with Crippen molar-refractivity contribution < 1.29 is 9.53 Å². The lowest BCUT2D eigenvalue weighted by Gasteiger charge is -2.16. The summed E-state index contributed by atoms with van der Waals surface area (Å²) in [4.78, 5) is 11.6. The molecule has 0 amide bonds. The summed E-state index contributed by atoms with van der Waals surface area (Å²) in [5, 5.41) is 0. The van der Waals surface area contributed by atoms with Crippen LogP contribution in [0, 0.1) is 5.92 Å². The van der Waals surface area contributed by atoms with Crippen molar-refractivity contribution >= 4 is 5.78 Å². The first kappa shape index (κ1) is 11.6. The van der Waals surface area contributed by atoms with Gasteiger partial charge in [0.1, 0.15) is 6.10 Å². The van der Waals surface area contributed by atoms with Gasteiger partial charge in [-0.1, -0.05) is 27.2 Å². The summed E-state index contributed by atoms with van der Waals surface area (Å²) < 4.78 is 5.13. The van der Waals surface area contributed by atoms with Crippen LogP contribution in [0.25, 0.3) is 0 Å². The van der Waals surface area contributed by atoms with E-state index in [1.165, 1.54) is 0 Å².